The number of aromatic nitrogens is 1. The normalized spacial score (nSPS) is 16.9. The van der Waals surface area contributed by atoms with Gasteiger partial charge in [0, 0.05) is 38.1 Å². The molecule has 7 heteroatoms. The summed E-state index contributed by atoms with van der Waals surface area (Å²) in [5.41, 5.74) is 10.8. The maximum absolute atomic E-state index is 5.56. The first-order valence-corrected chi connectivity index (χ1v) is 8.57. The van der Waals surface area contributed by atoms with Gasteiger partial charge in [0.15, 0.2) is 0 Å². The Labute approximate surface area is 140 Å². The second-order valence-electron chi connectivity index (χ2n) is 5.77. The van der Waals surface area contributed by atoms with Crippen LogP contribution in [0.25, 0.3) is 0 Å². The van der Waals surface area contributed by atoms with Gasteiger partial charge in [0.2, 0.25) is 5.13 Å². The van der Waals surface area contributed by atoms with Crippen molar-refractivity contribution in [3.63, 3.8) is 0 Å². The molecule has 1 aromatic heterocycles. The molecule has 122 valence electrons. The highest BCUT2D eigenvalue weighted by atomic mass is 32.1. The summed E-state index contributed by atoms with van der Waals surface area (Å²) in [5, 5.41) is 6.66. The molecule has 0 bridgehead atoms. The summed E-state index contributed by atoms with van der Waals surface area (Å²) < 4.78 is 0. The first-order valence-electron chi connectivity index (χ1n) is 7.69. The van der Waals surface area contributed by atoms with Crippen molar-refractivity contribution in [2.24, 2.45) is 5.10 Å². The highest BCUT2D eigenvalue weighted by Crippen LogP contribution is 2.16. The molecule has 3 N–H and O–H groups in total. The van der Waals surface area contributed by atoms with Crippen LogP contribution >= 0.6 is 11.3 Å². The maximum Gasteiger partial charge on any atom is 0.205 e. The first kappa shape index (κ1) is 15.9. The molecule has 2 aromatic rings. The molecular formula is C16H22N6S. The molecule has 1 saturated heterocycles. The van der Waals surface area contributed by atoms with Gasteiger partial charge in [0.05, 0.1) is 6.21 Å². The number of hydrazone groups is 1. The SMILES string of the molecule is CN1CCN(Cc2ccc(C=NNc3nc(N)cs3)cc2)CC1. The molecular weight excluding hydrogens is 308 g/mol. The lowest BCUT2D eigenvalue weighted by Crippen LogP contribution is -2.43. The van der Waals surface area contributed by atoms with Gasteiger partial charge in [-0.25, -0.2) is 4.98 Å². The van der Waals surface area contributed by atoms with Crippen molar-refractivity contribution in [3.05, 3.63) is 40.8 Å². The number of nitrogens with one attached hydrogen (secondary N) is 1. The number of hydrogen-bond donors (Lipinski definition) is 2. The van der Waals surface area contributed by atoms with E-state index in [0.29, 0.717) is 10.9 Å². The largest absolute Gasteiger partial charge is 0.383 e. The predicted octanol–water partition coefficient (Wildman–Crippen LogP) is 1.92. The van der Waals surface area contributed by atoms with Crippen LogP contribution in [0.15, 0.2) is 34.7 Å². The molecule has 2 heterocycles. The summed E-state index contributed by atoms with van der Waals surface area (Å²) >= 11 is 1.44. The number of nitrogens with zero attached hydrogens (tertiary/aromatic N) is 4. The Morgan fingerprint density at radius 1 is 1.26 bits per heavy atom. The van der Waals surface area contributed by atoms with E-state index in [4.69, 9.17) is 5.73 Å². The van der Waals surface area contributed by atoms with E-state index in [2.05, 4.69) is 56.6 Å². The van der Waals surface area contributed by atoms with Crippen LogP contribution in [0.2, 0.25) is 0 Å². The second-order valence-corrected chi connectivity index (χ2v) is 6.63. The number of thiazole rings is 1. The molecule has 0 saturated carbocycles. The van der Waals surface area contributed by atoms with Gasteiger partial charge in [0.25, 0.3) is 0 Å². The topological polar surface area (TPSA) is 69.8 Å². The third-order valence-corrected chi connectivity index (χ3v) is 4.64. The van der Waals surface area contributed by atoms with Crippen molar-refractivity contribution in [2.75, 3.05) is 44.4 Å². The van der Waals surface area contributed by atoms with Gasteiger partial charge in [-0.15, -0.1) is 11.3 Å². The van der Waals surface area contributed by atoms with E-state index in [9.17, 15) is 0 Å². The molecule has 0 unspecified atom stereocenters. The molecule has 1 aliphatic rings. The van der Waals surface area contributed by atoms with E-state index < -0.39 is 0 Å². The quantitative estimate of drug-likeness (QED) is 0.647. The number of nitrogens with two attached hydrogens (primary N) is 1. The summed E-state index contributed by atoms with van der Waals surface area (Å²) in [4.78, 5) is 8.96. The fourth-order valence-corrected chi connectivity index (χ4v) is 3.02. The maximum atomic E-state index is 5.56. The zero-order valence-electron chi connectivity index (χ0n) is 13.3. The van der Waals surface area contributed by atoms with Crippen LogP contribution in [0.5, 0.6) is 0 Å². The Morgan fingerprint density at radius 3 is 2.65 bits per heavy atom. The Kier molecular flexibility index (Phi) is 5.22. The fourth-order valence-electron chi connectivity index (χ4n) is 2.47. The summed E-state index contributed by atoms with van der Waals surface area (Å²) in [6, 6.07) is 8.52. The Balaban J connectivity index is 1.50. The lowest BCUT2D eigenvalue weighted by molar-refractivity contribution is 0.148. The molecule has 1 aliphatic heterocycles. The first-order chi connectivity index (χ1) is 11.2. The number of likely N-dealkylation sites (N-methyl/N-ethyl adjacent to an activating group) is 1. The second kappa shape index (κ2) is 7.54. The molecule has 0 spiro atoms. The van der Waals surface area contributed by atoms with E-state index in [1.54, 1.807) is 11.6 Å². The standard InChI is InChI=1S/C16H22N6S/c1-21-6-8-22(9-7-21)11-14-4-2-13(3-5-14)10-18-20-16-19-15(17)12-23-16/h2-5,10,12H,6-9,11,17H2,1H3,(H,19,20). The summed E-state index contributed by atoms with van der Waals surface area (Å²) in [6.07, 6.45) is 1.79. The molecule has 23 heavy (non-hydrogen) atoms. The predicted molar refractivity (Wildman–Crippen MR) is 97.0 cm³/mol. The zero-order valence-corrected chi connectivity index (χ0v) is 14.1. The van der Waals surface area contributed by atoms with Crippen LogP contribution in [0, 0.1) is 0 Å². The van der Waals surface area contributed by atoms with Crippen molar-refractivity contribution in [1.29, 1.82) is 0 Å². The van der Waals surface area contributed by atoms with Crippen LogP contribution < -0.4 is 11.2 Å². The van der Waals surface area contributed by atoms with Crippen LogP contribution in [0.3, 0.4) is 0 Å². The Hall–Kier alpha value is -1.96. The van der Waals surface area contributed by atoms with Gasteiger partial charge in [0.1, 0.15) is 5.82 Å². The van der Waals surface area contributed by atoms with Crippen LogP contribution in [0.4, 0.5) is 10.9 Å². The average Bonchev–Trinajstić information content (AvgIpc) is 2.97. The summed E-state index contributed by atoms with van der Waals surface area (Å²) in [7, 11) is 2.18. The number of anilines is 2. The van der Waals surface area contributed by atoms with Gasteiger partial charge < -0.3 is 10.6 Å². The lowest BCUT2D eigenvalue weighted by atomic mass is 10.1. The van der Waals surface area contributed by atoms with Crippen LogP contribution in [-0.4, -0.2) is 54.2 Å². The smallest absolute Gasteiger partial charge is 0.205 e. The van der Waals surface area contributed by atoms with Crippen molar-refractivity contribution >= 4 is 28.5 Å². The average molecular weight is 330 g/mol. The molecule has 1 aromatic carbocycles. The van der Waals surface area contributed by atoms with Gasteiger partial charge in [-0.3, -0.25) is 10.3 Å². The van der Waals surface area contributed by atoms with E-state index in [-0.39, 0.29) is 0 Å². The van der Waals surface area contributed by atoms with Gasteiger partial charge in [-0.2, -0.15) is 5.10 Å². The fraction of sp³-hybridized carbons (Fsp3) is 0.375. The Morgan fingerprint density at radius 2 is 2.00 bits per heavy atom. The van der Waals surface area contributed by atoms with Crippen LogP contribution in [-0.2, 0) is 6.54 Å². The van der Waals surface area contributed by atoms with Crippen molar-refractivity contribution < 1.29 is 0 Å². The van der Waals surface area contributed by atoms with E-state index in [1.807, 2.05) is 0 Å². The minimum Gasteiger partial charge on any atom is -0.383 e. The highest BCUT2D eigenvalue weighted by Gasteiger charge is 2.13. The minimum atomic E-state index is 0.515. The molecule has 0 atom stereocenters. The highest BCUT2D eigenvalue weighted by molar-refractivity contribution is 7.14. The van der Waals surface area contributed by atoms with E-state index in [1.165, 1.54) is 16.9 Å². The third kappa shape index (κ3) is 4.75. The summed E-state index contributed by atoms with van der Waals surface area (Å²) in [6.45, 7) is 5.60. The van der Waals surface area contributed by atoms with Crippen LogP contribution in [0.1, 0.15) is 11.1 Å². The molecule has 0 amide bonds. The van der Waals surface area contributed by atoms with Crippen molar-refractivity contribution in [1.82, 2.24) is 14.8 Å². The number of hydrogen-bond acceptors (Lipinski definition) is 7. The molecule has 0 aliphatic carbocycles. The van der Waals surface area contributed by atoms with Crippen molar-refractivity contribution in [3.8, 4) is 0 Å². The lowest BCUT2D eigenvalue weighted by Gasteiger charge is -2.32. The van der Waals surface area contributed by atoms with E-state index >= 15 is 0 Å². The minimum absolute atomic E-state index is 0.515. The zero-order chi connectivity index (χ0) is 16.1. The van der Waals surface area contributed by atoms with Gasteiger partial charge in [-0.05, 0) is 18.2 Å². The summed E-state index contributed by atoms with van der Waals surface area (Å²) in [5.74, 6) is 0.515. The number of benzene rings is 1. The van der Waals surface area contributed by atoms with Gasteiger partial charge in [-0.1, -0.05) is 24.3 Å². The van der Waals surface area contributed by atoms with Crippen molar-refractivity contribution in [2.45, 2.75) is 6.54 Å². The molecule has 1 fully saturated rings. The number of nitrogen functional groups attached to an aromatic ring is 1. The molecule has 3 rings (SSSR count). The monoisotopic (exact) mass is 330 g/mol. The Bertz CT molecular complexity index is 643. The van der Waals surface area contributed by atoms with Gasteiger partial charge >= 0.3 is 0 Å². The molecule has 0 radical (unpaired) electrons. The number of rotatable bonds is 5. The number of piperazine rings is 1. The third-order valence-electron chi connectivity index (χ3n) is 3.88. The molecule has 6 nitrogen and oxygen atoms in total. The van der Waals surface area contributed by atoms with E-state index in [0.717, 1.165) is 38.3 Å².